The van der Waals surface area contributed by atoms with Crippen LogP contribution in [0, 0.1) is 5.82 Å². The minimum atomic E-state index is -2.99. The van der Waals surface area contributed by atoms with E-state index in [4.69, 9.17) is 0 Å². The van der Waals surface area contributed by atoms with Crippen molar-refractivity contribution in [2.75, 3.05) is 25.1 Å². The quantitative estimate of drug-likeness (QED) is 0.732. The summed E-state index contributed by atoms with van der Waals surface area (Å²) in [6, 6.07) is 5.54. The Morgan fingerprint density at radius 1 is 1.35 bits per heavy atom. The van der Waals surface area contributed by atoms with Crippen LogP contribution in [0.25, 0.3) is 0 Å². The molecule has 1 atom stereocenters. The van der Waals surface area contributed by atoms with Crippen LogP contribution in [0.5, 0.6) is 0 Å². The molecule has 6 heteroatoms. The molecule has 0 saturated heterocycles. The van der Waals surface area contributed by atoms with Gasteiger partial charge in [0.15, 0.2) is 0 Å². The summed E-state index contributed by atoms with van der Waals surface area (Å²) in [6.07, 6.45) is 0.389. The van der Waals surface area contributed by atoms with Crippen molar-refractivity contribution in [2.45, 2.75) is 6.10 Å². The molecule has 0 spiro atoms. The molecule has 4 nitrogen and oxygen atoms in total. The summed E-state index contributed by atoms with van der Waals surface area (Å²) in [7, 11) is -2.99. The molecule has 0 aliphatic carbocycles. The summed E-state index contributed by atoms with van der Waals surface area (Å²) in [5, 5.41) is 12.5. The van der Waals surface area contributed by atoms with E-state index in [1.807, 2.05) is 0 Å². The second kappa shape index (κ2) is 6.09. The maximum atomic E-state index is 12.6. The van der Waals surface area contributed by atoms with Gasteiger partial charge in [0.05, 0.1) is 11.9 Å². The number of benzene rings is 1. The van der Waals surface area contributed by atoms with Crippen molar-refractivity contribution in [3.05, 3.63) is 35.6 Å². The molecule has 0 radical (unpaired) electrons. The van der Waals surface area contributed by atoms with Crippen LogP contribution in [0.1, 0.15) is 11.7 Å². The first-order valence-electron chi connectivity index (χ1n) is 5.20. The third-order valence-corrected chi connectivity index (χ3v) is 3.19. The zero-order chi connectivity index (χ0) is 12.9. The van der Waals surface area contributed by atoms with Gasteiger partial charge in [0.2, 0.25) is 0 Å². The topological polar surface area (TPSA) is 66.4 Å². The monoisotopic (exact) mass is 261 g/mol. The molecule has 1 aromatic carbocycles. The molecule has 0 bridgehead atoms. The van der Waals surface area contributed by atoms with Crippen molar-refractivity contribution in [3.63, 3.8) is 0 Å². The van der Waals surface area contributed by atoms with Crippen molar-refractivity contribution >= 4 is 9.84 Å². The first kappa shape index (κ1) is 14.1. The summed E-state index contributed by atoms with van der Waals surface area (Å²) in [5.41, 5.74) is 0.596. The number of hydrogen-bond donors (Lipinski definition) is 2. The fraction of sp³-hybridized carbons (Fsp3) is 0.455. The Bertz CT molecular complexity index is 444. The summed E-state index contributed by atoms with van der Waals surface area (Å²) in [4.78, 5) is 0. The molecule has 1 rings (SSSR count). The maximum absolute atomic E-state index is 12.6. The van der Waals surface area contributed by atoms with E-state index in [2.05, 4.69) is 5.32 Å². The van der Waals surface area contributed by atoms with Crippen molar-refractivity contribution < 1.29 is 17.9 Å². The van der Waals surface area contributed by atoms with Crippen LogP contribution in [0.4, 0.5) is 4.39 Å². The van der Waals surface area contributed by atoms with Gasteiger partial charge in [0, 0.05) is 19.3 Å². The number of aliphatic hydroxyl groups is 1. The van der Waals surface area contributed by atoms with E-state index < -0.39 is 15.9 Å². The van der Waals surface area contributed by atoms with Crippen LogP contribution in [-0.4, -0.2) is 38.6 Å². The fourth-order valence-corrected chi connectivity index (χ4v) is 1.81. The largest absolute Gasteiger partial charge is 0.387 e. The predicted molar refractivity (Wildman–Crippen MR) is 63.9 cm³/mol. The number of rotatable bonds is 6. The Morgan fingerprint density at radius 2 is 1.94 bits per heavy atom. The zero-order valence-electron chi connectivity index (χ0n) is 9.56. The van der Waals surface area contributed by atoms with Gasteiger partial charge in [0.1, 0.15) is 15.7 Å². The Morgan fingerprint density at radius 3 is 2.47 bits per heavy atom. The van der Waals surface area contributed by atoms with Crippen molar-refractivity contribution in [1.82, 2.24) is 5.32 Å². The van der Waals surface area contributed by atoms with Crippen LogP contribution >= 0.6 is 0 Å². The lowest BCUT2D eigenvalue weighted by Gasteiger charge is -2.11. The van der Waals surface area contributed by atoms with Crippen LogP contribution in [0.2, 0.25) is 0 Å². The first-order valence-corrected chi connectivity index (χ1v) is 7.26. The lowest BCUT2D eigenvalue weighted by Crippen LogP contribution is -2.26. The van der Waals surface area contributed by atoms with Gasteiger partial charge in [-0.1, -0.05) is 12.1 Å². The van der Waals surface area contributed by atoms with E-state index in [0.717, 1.165) is 6.26 Å². The van der Waals surface area contributed by atoms with E-state index >= 15 is 0 Å². The number of sulfone groups is 1. The molecule has 2 N–H and O–H groups in total. The average Bonchev–Trinajstić information content (AvgIpc) is 2.24. The van der Waals surface area contributed by atoms with E-state index in [9.17, 15) is 17.9 Å². The molecule has 1 unspecified atom stereocenters. The molecule has 96 valence electrons. The number of halogens is 1. The smallest absolute Gasteiger partial charge is 0.148 e. The first-order chi connectivity index (χ1) is 7.88. The highest BCUT2D eigenvalue weighted by molar-refractivity contribution is 7.90. The van der Waals surface area contributed by atoms with Crippen molar-refractivity contribution in [1.29, 1.82) is 0 Å². The molecule has 0 aliphatic heterocycles. The lowest BCUT2D eigenvalue weighted by atomic mass is 10.1. The normalized spacial score (nSPS) is 13.6. The van der Waals surface area contributed by atoms with Crippen LogP contribution in [0.15, 0.2) is 24.3 Å². The van der Waals surface area contributed by atoms with Crippen LogP contribution < -0.4 is 5.32 Å². The molecule has 0 saturated carbocycles. The number of hydrogen-bond acceptors (Lipinski definition) is 4. The molecule has 0 aliphatic rings. The Hall–Kier alpha value is -0.980. The Labute approximate surface area is 100 Å². The highest BCUT2D eigenvalue weighted by Crippen LogP contribution is 2.12. The molecule has 0 amide bonds. The average molecular weight is 261 g/mol. The number of nitrogens with one attached hydrogen (secondary N) is 1. The fourth-order valence-electron chi connectivity index (χ4n) is 1.30. The molecular weight excluding hydrogens is 245 g/mol. The molecule has 0 heterocycles. The van der Waals surface area contributed by atoms with Gasteiger partial charge in [-0.05, 0) is 17.7 Å². The SMILES string of the molecule is CS(=O)(=O)CCNCC(O)c1ccc(F)cc1. The van der Waals surface area contributed by atoms with Gasteiger partial charge >= 0.3 is 0 Å². The van der Waals surface area contributed by atoms with E-state index in [0.29, 0.717) is 5.56 Å². The standard InChI is InChI=1S/C11H16FNO3S/c1-17(15,16)7-6-13-8-11(14)9-2-4-10(12)5-3-9/h2-5,11,13-14H,6-8H2,1H3. The lowest BCUT2D eigenvalue weighted by molar-refractivity contribution is 0.175. The second-order valence-corrected chi connectivity index (χ2v) is 6.16. The second-order valence-electron chi connectivity index (χ2n) is 3.90. The van der Waals surface area contributed by atoms with E-state index in [-0.39, 0.29) is 24.7 Å². The predicted octanol–water partition coefficient (Wildman–Crippen LogP) is 0.493. The summed E-state index contributed by atoms with van der Waals surface area (Å²) in [6.45, 7) is 0.526. The van der Waals surface area contributed by atoms with Gasteiger partial charge in [0.25, 0.3) is 0 Å². The summed E-state index contributed by atoms with van der Waals surface area (Å²) in [5.74, 6) is -0.325. The van der Waals surface area contributed by atoms with E-state index in [1.54, 1.807) is 0 Å². The highest BCUT2D eigenvalue weighted by Gasteiger charge is 2.07. The van der Waals surface area contributed by atoms with Gasteiger partial charge in [-0.2, -0.15) is 0 Å². The molecule has 0 fully saturated rings. The third kappa shape index (κ3) is 5.76. The molecular formula is C11H16FNO3S. The summed E-state index contributed by atoms with van der Waals surface area (Å²) >= 11 is 0. The zero-order valence-corrected chi connectivity index (χ0v) is 10.4. The van der Waals surface area contributed by atoms with Crippen LogP contribution in [0.3, 0.4) is 0 Å². The number of aliphatic hydroxyl groups excluding tert-OH is 1. The van der Waals surface area contributed by atoms with Crippen molar-refractivity contribution in [3.8, 4) is 0 Å². The highest BCUT2D eigenvalue weighted by atomic mass is 32.2. The van der Waals surface area contributed by atoms with Gasteiger partial charge in [-0.3, -0.25) is 0 Å². The Balaban J connectivity index is 2.35. The van der Waals surface area contributed by atoms with Crippen LogP contribution in [-0.2, 0) is 9.84 Å². The van der Waals surface area contributed by atoms with E-state index in [1.165, 1.54) is 24.3 Å². The van der Waals surface area contributed by atoms with Gasteiger partial charge < -0.3 is 10.4 Å². The minimum Gasteiger partial charge on any atom is -0.387 e. The maximum Gasteiger partial charge on any atom is 0.148 e. The molecule has 17 heavy (non-hydrogen) atoms. The minimum absolute atomic E-state index is 0.0309. The summed E-state index contributed by atoms with van der Waals surface area (Å²) < 4.78 is 34.3. The molecule has 0 aromatic heterocycles. The van der Waals surface area contributed by atoms with Gasteiger partial charge in [-0.15, -0.1) is 0 Å². The van der Waals surface area contributed by atoms with Crippen molar-refractivity contribution in [2.24, 2.45) is 0 Å². The third-order valence-electron chi connectivity index (χ3n) is 2.24. The van der Waals surface area contributed by atoms with Gasteiger partial charge in [-0.25, -0.2) is 12.8 Å². The Kier molecular flexibility index (Phi) is 5.04. The molecule has 1 aromatic rings.